The van der Waals surface area contributed by atoms with Crippen LogP contribution in [-0.4, -0.2) is 38.4 Å². The summed E-state index contributed by atoms with van der Waals surface area (Å²) in [4.78, 5) is 14.7. The molecule has 0 bridgehead atoms. The number of carbonyl (C=O) groups excluding carboxylic acids is 1. The molecule has 0 aliphatic carbocycles. The summed E-state index contributed by atoms with van der Waals surface area (Å²) in [5.74, 6) is 1.33. The zero-order valence-electron chi connectivity index (χ0n) is 17.1. The highest BCUT2D eigenvalue weighted by atomic mass is 32.2. The highest BCUT2D eigenvalue weighted by Crippen LogP contribution is 2.26. The van der Waals surface area contributed by atoms with E-state index in [0.717, 1.165) is 5.76 Å². The van der Waals surface area contributed by atoms with Crippen LogP contribution in [0.1, 0.15) is 49.6 Å². The number of hydrogen-bond donors (Lipinski definition) is 1. The van der Waals surface area contributed by atoms with Gasteiger partial charge in [-0.3, -0.25) is 4.79 Å². The molecule has 7 nitrogen and oxygen atoms in total. The van der Waals surface area contributed by atoms with E-state index in [1.54, 1.807) is 24.8 Å². The smallest absolute Gasteiger partial charge is 0.254 e. The Hall–Kier alpha value is -2.32. The van der Waals surface area contributed by atoms with Crippen LogP contribution in [0.3, 0.4) is 0 Å². The molecule has 0 spiro atoms. The van der Waals surface area contributed by atoms with Crippen LogP contribution >= 0.6 is 0 Å². The third kappa shape index (κ3) is 5.14. The van der Waals surface area contributed by atoms with Gasteiger partial charge >= 0.3 is 0 Å². The number of amides is 1. The Labute approximate surface area is 166 Å². The average molecular weight is 409 g/mol. The molecule has 154 valence electrons. The van der Waals surface area contributed by atoms with Crippen LogP contribution in [0.25, 0.3) is 0 Å². The molecule has 0 saturated heterocycles. The van der Waals surface area contributed by atoms with Crippen molar-refractivity contribution in [3.8, 4) is 5.75 Å². The molecule has 1 amide bonds. The number of rotatable bonds is 8. The average Bonchev–Trinajstić information content (AvgIpc) is 3.02. The van der Waals surface area contributed by atoms with Gasteiger partial charge < -0.3 is 14.1 Å². The van der Waals surface area contributed by atoms with Crippen LogP contribution in [0, 0.1) is 6.92 Å². The molecule has 8 heteroatoms. The van der Waals surface area contributed by atoms with Gasteiger partial charge in [0.25, 0.3) is 5.91 Å². The third-order valence-corrected chi connectivity index (χ3v) is 5.78. The van der Waals surface area contributed by atoms with E-state index in [0.29, 0.717) is 12.3 Å². The molecule has 1 heterocycles. The first-order valence-electron chi connectivity index (χ1n) is 9.11. The molecule has 0 unspecified atom stereocenters. The Kier molecular flexibility index (Phi) is 6.90. The maximum absolute atomic E-state index is 13.1. The Morgan fingerprint density at radius 2 is 1.86 bits per heavy atom. The number of furan rings is 1. The van der Waals surface area contributed by atoms with Crippen molar-refractivity contribution in [2.45, 2.75) is 58.1 Å². The molecule has 1 aromatic heterocycles. The largest absolute Gasteiger partial charge is 0.495 e. The fraction of sp³-hybridized carbons (Fsp3) is 0.450. The summed E-state index contributed by atoms with van der Waals surface area (Å²) in [6, 6.07) is 7.70. The van der Waals surface area contributed by atoms with E-state index in [1.165, 1.54) is 19.2 Å². The lowest BCUT2D eigenvalue weighted by atomic mass is 10.1. The van der Waals surface area contributed by atoms with Crippen LogP contribution in [-0.2, 0) is 16.6 Å². The molecule has 0 radical (unpaired) electrons. The predicted molar refractivity (Wildman–Crippen MR) is 107 cm³/mol. The molecule has 0 saturated carbocycles. The van der Waals surface area contributed by atoms with Gasteiger partial charge in [-0.25, -0.2) is 13.1 Å². The van der Waals surface area contributed by atoms with Gasteiger partial charge in [-0.05, 0) is 65.0 Å². The van der Waals surface area contributed by atoms with E-state index in [2.05, 4.69) is 4.72 Å². The topological polar surface area (TPSA) is 88.8 Å². The van der Waals surface area contributed by atoms with E-state index >= 15 is 0 Å². The molecule has 28 heavy (non-hydrogen) atoms. The Bertz CT molecular complexity index is 932. The number of ether oxygens (including phenoxy) is 1. The SMILES string of the molecule is COc1ccc(C(=O)N(Cc2ccc(C)o2)C(C)C)cc1S(=O)(=O)NC(C)C. The summed E-state index contributed by atoms with van der Waals surface area (Å²) in [7, 11) is -2.43. The zero-order valence-corrected chi connectivity index (χ0v) is 18.0. The van der Waals surface area contributed by atoms with E-state index in [1.807, 2.05) is 32.9 Å². The monoisotopic (exact) mass is 408 g/mol. The van der Waals surface area contributed by atoms with Gasteiger partial charge in [0.2, 0.25) is 10.0 Å². The number of methoxy groups -OCH3 is 1. The zero-order chi connectivity index (χ0) is 21.1. The summed E-state index contributed by atoms with van der Waals surface area (Å²) < 4.78 is 38.6. The first-order valence-corrected chi connectivity index (χ1v) is 10.6. The number of nitrogens with zero attached hydrogens (tertiary/aromatic N) is 1. The minimum Gasteiger partial charge on any atom is -0.495 e. The highest BCUT2D eigenvalue weighted by Gasteiger charge is 2.25. The summed E-state index contributed by atoms with van der Waals surface area (Å²) in [6.45, 7) is 9.39. The van der Waals surface area contributed by atoms with Crippen molar-refractivity contribution in [1.82, 2.24) is 9.62 Å². The molecule has 0 fully saturated rings. The Morgan fingerprint density at radius 3 is 2.36 bits per heavy atom. The van der Waals surface area contributed by atoms with Crippen molar-refractivity contribution < 1.29 is 22.4 Å². The second-order valence-electron chi connectivity index (χ2n) is 7.18. The van der Waals surface area contributed by atoms with E-state index in [4.69, 9.17) is 9.15 Å². The molecule has 2 rings (SSSR count). The second-order valence-corrected chi connectivity index (χ2v) is 8.86. The van der Waals surface area contributed by atoms with Gasteiger partial charge in [-0.1, -0.05) is 0 Å². The standard InChI is InChI=1S/C20H28N2O5S/c1-13(2)21-28(24,25)19-11-16(8-10-18(19)26-6)20(23)22(14(3)4)12-17-9-7-15(5)27-17/h7-11,13-14,21H,12H2,1-6H3. The van der Waals surface area contributed by atoms with Crippen molar-refractivity contribution in [2.24, 2.45) is 0 Å². The summed E-state index contributed by atoms with van der Waals surface area (Å²) >= 11 is 0. The minimum absolute atomic E-state index is 0.0629. The number of carbonyl (C=O) groups is 1. The van der Waals surface area contributed by atoms with Crippen LogP contribution in [0.15, 0.2) is 39.6 Å². The maximum atomic E-state index is 13.1. The Balaban J connectivity index is 2.41. The quantitative estimate of drug-likeness (QED) is 0.724. The van der Waals surface area contributed by atoms with Crippen LogP contribution in [0.2, 0.25) is 0 Å². The number of benzene rings is 1. The van der Waals surface area contributed by atoms with Gasteiger partial charge in [0.05, 0.1) is 13.7 Å². The van der Waals surface area contributed by atoms with Crippen LogP contribution < -0.4 is 9.46 Å². The molecular formula is C20H28N2O5S. The van der Waals surface area contributed by atoms with E-state index in [9.17, 15) is 13.2 Å². The van der Waals surface area contributed by atoms with E-state index < -0.39 is 10.0 Å². The van der Waals surface area contributed by atoms with Crippen LogP contribution in [0.5, 0.6) is 5.75 Å². The van der Waals surface area contributed by atoms with Crippen LogP contribution in [0.4, 0.5) is 0 Å². The van der Waals surface area contributed by atoms with Crippen molar-refractivity contribution in [3.05, 3.63) is 47.4 Å². The fourth-order valence-corrected chi connectivity index (χ4v) is 4.23. The first kappa shape index (κ1) is 22.0. The van der Waals surface area contributed by atoms with Crippen molar-refractivity contribution in [2.75, 3.05) is 7.11 Å². The normalized spacial score (nSPS) is 11.9. The first-order chi connectivity index (χ1) is 13.0. The van der Waals surface area contributed by atoms with E-state index in [-0.39, 0.29) is 34.2 Å². The van der Waals surface area contributed by atoms with Crippen molar-refractivity contribution >= 4 is 15.9 Å². The van der Waals surface area contributed by atoms with Gasteiger partial charge in [0.1, 0.15) is 22.2 Å². The molecule has 0 aliphatic heterocycles. The molecule has 1 aromatic carbocycles. The van der Waals surface area contributed by atoms with Gasteiger partial charge in [0, 0.05) is 17.6 Å². The lowest BCUT2D eigenvalue weighted by Gasteiger charge is -2.26. The number of nitrogens with one attached hydrogen (secondary N) is 1. The molecular weight excluding hydrogens is 380 g/mol. The van der Waals surface area contributed by atoms with Crippen molar-refractivity contribution in [1.29, 1.82) is 0 Å². The second kappa shape index (κ2) is 8.79. The minimum atomic E-state index is -3.82. The number of aryl methyl sites for hydroxylation is 1. The molecule has 0 atom stereocenters. The van der Waals surface area contributed by atoms with Gasteiger partial charge in [-0.2, -0.15) is 0 Å². The molecule has 1 N–H and O–H groups in total. The lowest BCUT2D eigenvalue weighted by Crippen LogP contribution is -2.36. The van der Waals surface area contributed by atoms with Crippen molar-refractivity contribution in [3.63, 3.8) is 0 Å². The molecule has 0 aliphatic rings. The maximum Gasteiger partial charge on any atom is 0.254 e. The number of hydrogen-bond acceptors (Lipinski definition) is 5. The highest BCUT2D eigenvalue weighted by molar-refractivity contribution is 7.89. The summed E-state index contributed by atoms with van der Waals surface area (Å²) in [5.41, 5.74) is 0.266. The third-order valence-electron chi connectivity index (χ3n) is 4.10. The lowest BCUT2D eigenvalue weighted by molar-refractivity contribution is 0.0675. The molecule has 2 aromatic rings. The van der Waals surface area contributed by atoms with Gasteiger partial charge in [0.15, 0.2) is 0 Å². The summed E-state index contributed by atoms with van der Waals surface area (Å²) in [5, 5.41) is 0. The fourth-order valence-electron chi connectivity index (χ4n) is 2.79. The van der Waals surface area contributed by atoms with Gasteiger partial charge in [-0.15, -0.1) is 0 Å². The predicted octanol–water partition coefficient (Wildman–Crippen LogP) is 3.33. The summed E-state index contributed by atoms with van der Waals surface area (Å²) in [6.07, 6.45) is 0. The Morgan fingerprint density at radius 1 is 1.18 bits per heavy atom. The number of sulfonamides is 1.